The van der Waals surface area contributed by atoms with Gasteiger partial charge in [-0.3, -0.25) is 4.90 Å². The number of ether oxygens (including phenoxy) is 1. The number of hydrogen-bond donors (Lipinski definition) is 1. The lowest BCUT2D eigenvalue weighted by atomic mass is 10.2. The van der Waals surface area contributed by atoms with Gasteiger partial charge in [0, 0.05) is 0 Å². The molecule has 0 saturated carbocycles. The maximum absolute atomic E-state index is 11.9. The Balaban J connectivity index is 2.12. The molecule has 0 aliphatic carbocycles. The number of aromatic nitrogens is 1. The van der Waals surface area contributed by atoms with Crippen LogP contribution in [0.2, 0.25) is 0 Å². The largest absolute Gasteiger partial charge is 0.477 e. The molecule has 0 aromatic carbocycles. The van der Waals surface area contributed by atoms with E-state index in [2.05, 4.69) is 4.98 Å². The van der Waals surface area contributed by atoms with Crippen LogP contribution in [0.5, 0.6) is 0 Å². The molecule has 6 nitrogen and oxygen atoms in total. The van der Waals surface area contributed by atoms with Crippen molar-refractivity contribution >= 4 is 12.1 Å². The summed E-state index contributed by atoms with van der Waals surface area (Å²) in [5.74, 6) is -1.07. The van der Waals surface area contributed by atoms with E-state index in [1.165, 1.54) is 11.0 Å². The van der Waals surface area contributed by atoms with Gasteiger partial charge in [-0.15, -0.1) is 0 Å². The fourth-order valence-electron chi connectivity index (χ4n) is 1.83. The van der Waals surface area contributed by atoms with Crippen molar-refractivity contribution in [1.29, 1.82) is 0 Å². The number of carboxylic acid groups (broad SMARTS) is 1. The van der Waals surface area contributed by atoms with Gasteiger partial charge < -0.3 is 9.84 Å². The number of aromatic carboxylic acids is 1. The number of rotatable bonds is 1. The molecule has 0 atom stereocenters. The number of carboxylic acids is 1. The number of carbonyl (C=O) groups excluding carboxylic acids is 1. The van der Waals surface area contributed by atoms with Crippen molar-refractivity contribution in [2.24, 2.45) is 0 Å². The van der Waals surface area contributed by atoms with Crippen molar-refractivity contribution in [2.45, 2.75) is 39.5 Å². The Kier molecular flexibility index (Phi) is 3.18. The molecule has 1 aliphatic rings. The topological polar surface area (TPSA) is 79.7 Å². The molecule has 1 amide bonds. The monoisotopic (exact) mass is 264 g/mol. The Morgan fingerprint density at radius 2 is 2.00 bits per heavy atom. The predicted octanol–water partition coefficient (Wildman–Crippen LogP) is 2.03. The quantitative estimate of drug-likeness (QED) is 0.839. The highest BCUT2D eigenvalue weighted by atomic mass is 16.6. The second-order valence-corrected chi connectivity index (χ2v) is 5.44. The van der Waals surface area contributed by atoms with Crippen LogP contribution in [0.3, 0.4) is 0 Å². The molecule has 2 rings (SSSR count). The van der Waals surface area contributed by atoms with Crippen LogP contribution in [0.4, 0.5) is 4.79 Å². The van der Waals surface area contributed by atoms with Crippen molar-refractivity contribution < 1.29 is 19.4 Å². The summed E-state index contributed by atoms with van der Waals surface area (Å²) in [6.45, 7) is 6.08. The average molecular weight is 264 g/mol. The molecule has 1 aliphatic heterocycles. The first-order valence-corrected chi connectivity index (χ1v) is 5.96. The lowest BCUT2D eigenvalue weighted by molar-refractivity contribution is 0.0240. The molecular formula is C13H16N2O4. The van der Waals surface area contributed by atoms with Crippen molar-refractivity contribution in [3.05, 3.63) is 29.1 Å². The third-order valence-electron chi connectivity index (χ3n) is 2.64. The standard InChI is InChI=1S/C13H16N2O4/c1-13(2,3)19-12(18)15-6-8-4-5-9(11(16)17)14-10(8)7-15/h4-5H,6-7H2,1-3H3,(H,16,17). The van der Waals surface area contributed by atoms with E-state index in [0.29, 0.717) is 12.2 Å². The minimum Gasteiger partial charge on any atom is -0.477 e. The molecule has 6 heteroatoms. The predicted molar refractivity (Wildman–Crippen MR) is 66.7 cm³/mol. The Labute approximate surface area is 111 Å². The molecule has 2 heterocycles. The summed E-state index contributed by atoms with van der Waals surface area (Å²) in [5, 5.41) is 8.88. The fourth-order valence-corrected chi connectivity index (χ4v) is 1.83. The molecule has 0 saturated heterocycles. The van der Waals surface area contributed by atoms with Gasteiger partial charge in [-0.05, 0) is 32.4 Å². The van der Waals surface area contributed by atoms with Gasteiger partial charge in [-0.1, -0.05) is 6.07 Å². The molecule has 0 bridgehead atoms. The van der Waals surface area contributed by atoms with Crippen molar-refractivity contribution in [3.8, 4) is 0 Å². The SMILES string of the molecule is CC(C)(C)OC(=O)N1Cc2ccc(C(=O)O)nc2C1. The molecule has 0 fully saturated rings. The highest BCUT2D eigenvalue weighted by molar-refractivity contribution is 5.85. The summed E-state index contributed by atoms with van der Waals surface area (Å²) >= 11 is 0. The Morgan fingerprint density at radius 1 is 1.32 bits per heavy atom. The van der Waals surface area contributed by atoms with E-state index in [4.69, 9.17) is 9.84 Å². The molecule has 1 aromatic rings. The van der Waals surface area contributed by atoms with Crippen LogP contribution >= 0.6 is 0 Å². The lowest BCUT2D eigenvalue weighted by Gasteiger charge is -2.23. The van der Waals surface area contributed by atoms with Crippen LogP contribution in [-0.2, 0) is 17.8 Å². The number of pyridine rings is 1. The van der Waals surface area contributed by atoms with Gasteiger partial charge in [0.05, 0.1) is 18.8 Å². The van der Waals surface area contributed by atoms with Crippen LogP contribution in [0, 0.1) is 0 Å². The molecule has 1 N–H and O–H groups in total. The normalized spacial score (nSPS) is 14.2. The third-order valence-corrected chi connectivity index (χ3v) is 2.64. The summed E-state index contributed by atoms with van der Waals surface area (Å²) in [5.41, 5.74) is 0.914. The summed E-state index contributed by atoms with van der Waals surface area (Å²) in [6, 6.07) is 3.13. The zero-order valence-corrected chi connectivity index (χ0v) is 11.1. The number of amides is 1. The molecule has 102 valence electrons. The van der Waals surface area contributed by atoms with Crippen LogP contribution in [-0.4, -0.2) is 32.7 Å². The molecule has 1 aromatic heterocycles. The van der Waals surface area contributed by atoms with E-state index in [1.54, 1.807) is 26.8 Å². The Morgan fingerprint density at radius 3 is 2.58 bits per heavy atom. The number of fused-ring (bicyclic) bond motifs is 1. The Bertz CT molecular complexity index is 534. The number of carbonyl (C=O) groups is 2. The van der Waals surface area contributed by atoms with Gasteiger partial charge in [0.15, 0.2) is 0 Å². The number of nitrogens with zero attached hydrogens (tertiary/aromatic N) is 2. The maximum Gasteiger partial charge on any atom is 0.410 e. The first-order valence-electron chi connectivity index (χ1n) is 5.96. The lowest BCUT2D eigenvalue weighted by Crippen LogP contribution is -2.33. The first kappa shape index (κ1) is 13.3. The van der Waals surface area contributed by atoms with Crippen molar-refractivity contribution in [3.63, 3.8) is 0 Å². The Hall–Kier alpha value is -2.11. The second-order valence-electron chi connectivity index (χ2n) is 5.44. The average Bonchev–Trinajstić information content (AvgIpc) is 2.68. The van der Waals surface area contributed by atoms with E-state index in [9.17, 15) is 9.59 Å². The zero-order chi connectivity index (χ0) is 14.2. The van der Waals surface area contributed by atoms with Gasteiger partial charge >= 0.3 is 12.1 Å². The van der Waals surface area contributed by atoms with Crippen LogP contribution in [0.15, 0.2) is 12.1 Å². The first-order chi connectivity index (χ1) is 8.76. The molecular weight excluding hydrogens is 248 g/mol. The molecule has 0 radical (unpaired) electrons. The summed E-state index contributed by atoms with van der Waals surface area (Å²) in [6.07, 6.45) is -0.414. The number of hydrogen-bond acceptors (Lipinski definition) is 4. The van der Waals surface area contributed by atoms with E-state index in [-0.39, 0.29) is 12.2 Å². The third kappa shape index (κ3) is 3.01. The minimum atomic E-state index is -1.07. The van der Waals surface area contributed by atoms with Gasteiger partial charge in [-0.2, -0.15) is 0 Å². The van der Waals surface area contributed by atoms with Gasteiger partial charge in [0.2, 0.25) is 0 Å². The minimum absolute atomic E-state index is 0.00945. The van der Waals surface area contributed by atoms with Crippen LogP contribution < -0.4 is 0 Å². The smallest absolute Gasteiger partial charge is 0.410 e. The summed E-state index contributed by atoms with van der Waals surface area (Å²) in [4.78, 5) is 28.3. The van der Waals surface area contributed by atoms with Crippen LogP contribution in [0.1, 0.15) is 42.5 Å². The van der Waals surface area contributed by atoms with Crippen LogP contribution in [0.25, 0.3) is 0 Å². The van der Waals surface area contributed by atoms with Gasteiger partial charge in [0.1, 0.15) is 11.3 Å². The second kappa shape index (κ2) is 4.53. The van der Waals surface area contributed by atoms with E-state index < -0.39 is 17.7 Å². The molecule has 0 unspecified atom stereocenters. The highest BCUT2D eigenvalue weighted by Gasteiger charge is 2.29. The van der Waals surface area contributed by atoms with Crippen molar-refractivity contribution in [2.75, 3.05) is 0 Å². The van der Waals surface area contributed by atoms with Gasteiger partial charge in [-0.25, -0.2) is 14.6 Å². The van der Waals surface area contributed by atoms with Gasteiger partial charge in [0.25, 0.3) is 0 Å². The zero-order valence-electron chi connectivity index (χ0n) is 11.1. The molecule has 19 heavy (non-hydrogen) atoms. The maximum atomic E-state index is 11.9. The van der Waals surface area contributed by atoms with E-state index in [1.807, 2.05) is 0 Å². The van der Waals surface area contributed by atoms with E-state index in [0.717, 1.165) is 5.56 Å². The summed E-state index contributed by atoms with van der Waals surface area (Å²) in [7, 11) is 0. The van der Waals surface area contributed by atoms with E-state index >= 15 is 0 Å². The summed E-state index contributed by atoms with van der Waals surface area (Å²) < 4.78 is 5.27. The highest BCUT2D eigenvalue weighted by Crippen LogP contribution is 2.23. The van der Waals surface area contributed by atoms with Crippen molar-refractivity contribution in [1.82, 2.24) is 9.88 Å². The molecule has 0 spiro atoms. The fraction of sp³-hybridized carbons (Fsp3) is 0.462.